The summed E-state index contributed by atoms with van der Waals surface area (Å²) in [5.41, 5.74) is 17.8. The van der Waals surface area contributed by atoms with Crippen LogP contribution in [0.5, 0.6) is 0 Å². The quantitative estimate of drug-likeness (QED) is 0.162. The van der Waals surface area contributed by atoms with Gasteiger partial charge < -0.3 is 10.3 Å². The highest BCUT2D eigenvalue weighted by molar-refractivity contribution is 6.11. The molecule has 7 aromatic rings. The average Bonchev–Trinajstić information content (AvgIpc) is 3.54. The molecule has 3 atom stereocenters. The summed E-state index contributed by atoms with van der Waals surface area (Å²) in [7, 11) is 0. The summed E-state index contributed by atoms with van der Waals surface area (Å²) in [6.07, 6.45) is 16.1. The normalized spacial score (nSPS) is 17.6. The van der Waals surface area contributed by atoms with Gasteiger partial charge in [0.05, 0.1) is 17.6 Å². The fourth-order valence-electron chi connectivity index (χ4n) is 8.00. The first-order valence-corrected chi connectivity index (χ1v) is 17.9. The van der Waals surface area contributed by atoms with Crippen molar-refractivity contribution >= 4 is 38.3 Å². The van der Waals surface area contributed by atoms with Crippen LogP contribution in [0, 0.1) is 11.8 Å². The number of aromatic nitrogens is 1. The smallest absolute Gasteiger partial charge is 0.0643 e. The number of nitrogens with zero attached hydrogens (tertiary/aromatic N) is 2. The van der Waals surface area contributed by atoms with E-state index in [1.54, 1.807) is 0 Å². The fourth-order valence-corrected chi connectivity index (χ4v) is 8.00. The molecule has 246 valence electrons. The summed E-state index contributed by atoms with van der Waals surface area (Å²) in [4.78, 5) is 5.31. The van der Waals surface area contributed by atoms with Gasteiger partial charge in [-0.2, -0.15) is 0 Å². The topological polar surface area (TPSA) is 43.3 Å². The van der Waals surface area contributed by atoms with Gasteiger partial charge in [0.2, 0.25) is 0 Å². The maximum atomic E-state index is 7.07. The van der Waals surface area contributed by atoms with Crippen molar-refractivity contribution in [3.63, 3.8) is 0 Å². The summed E-state index contributed by atoms with van der Waals surface area (Å²) in [6, 6.07) is 50.0. The lowest BCUT2D eigenvalue weighted by molar-refractivity contribution is 0.438. The third-order valence-corrected chi connectivity index (χ3v) is 10.6. The van der Waals surface area contributed by atoms with E-state index in [1.807, 2.05) is 0 Å². The van der Waals surface area contributed by atoms with E-state index in [-0.39, 0.29) is 12.0 Å². The molecule has 2 aliphatic carbocycles. The molecule has 1 heterocycles. The summed E-state index contributed by atoms with van der Waals surface area (Å²) < 4.78 is 2.36. The lowest BCUT2D eigenvalue weighted by atomic mass is 9.75. The molecule has 3 unspecified atom stereocenters. The molecule has 0 bridgehead atoms. The summed E-state index contributed by atoms with van der Waals surface area (Å²) in [5, 5.41) is 4.98. The summed E-state index contributed by atoms with van der Waals surface area (Å²) >= 11 is 0. The minimum atomic E-state index is -0.0725. The number of allylic oxidation sites excluding steroid dienone is 7. The zero-order valence-corrected chi connectivity index (χ0v) is 28.4. The number of hydrogen-bond acceptors (Lipinski definition) is 2. The number of aliphatic imine (C=N–C) groups is 1. The van der Waals surface area contributed by atoms with Crippen LogP contribution in [0.4, 0.5) is 0 Å². The number of rotatable bonds is 8. The molecule has 1 aromatic heterocycles. The van der Waals surface area contributed by atoms with E-state index in [0.29, 0.717) is 18.9 Å². The van der Waals surface area contributed by atoms with Crippen LogP contribution >= 0.6 is 0 Å². The fraction of sp³-hybridized carbons (Fsp3) is 0.104. The number of hydrogen-bond donors (Lipinski definition) is 1. The average molecular weight is 658 g/mol. The van der Waals surface area contributed by atoms with Crippen molar-refractivity contribution in [1.82, 2.24) is 4.57 Å². The molecule has 51 heavy (non-hydrogen) atoms. The van der Waals surface area contributed by atoms with Crippen molar-refractivity contribution in [2.24, 2.45) is 22.6 Å². The monoisotopic (exact) mass is 657 g/mol. The number of para-hydroxylation sites is 2. The van der Waals surface area contributed by atoms with Crippen LogP contribution in [-0.4, -0.2) is 16.3 Å². The first-order chi connectivity index (χ1) is 25.2. The first-order valence-electron chi connectivity index (χ1n) is 17.9. The van der Waals surface area contributed by atoms with E-state index in [1.165, 1.54) is 54.8 Å². The minimum absolute atomic E-state index is 0.0725. The van der Waals surface area contributed by atoms with Gasteiger partial charge in [-0.1, -0.05) is 158 Å². The predicted molar refractivity (Wildman–Crippen MR) is 215 cm³/mol. The Morgan fingerprint density at radius 2 is 1.27 bits per heavy atom. The molecule has 2 N–H and O–H groups in total. The molecule has 0 radical (unpaired) electrons. The first kappa shape index (κ1) is 31.0. The van der Waals surface area contributed by atoms with Crippen LogP contribution in [0.25, 0.3) is 49.4 Å². The van der Waals surface area contributed by atoms with Crippen molar-refractivity contribution < 1.29 is 0 Å². The van der Waals surface area contributed by atoms with Crippen molar-refractivity contribution in [3.8, 4) is 16.8 Å². The van der Waals surface area contributed by atoms with Gasteiger partial charge in [0.25, 0.3) is 0 Å². The van der Waals surface area contributed by atoms with E-state index < -0.39 is 0 Å². The molecular weight excluding hydrogens is 619 g/mol. The van der Waals surface area contributed by atoms with Crippen molar-refractivity contribution in [1.29, 1.82) is 0 Å². The van der Waals surface area contributed by atoms with Crippen LogP contribution in [0.15, 0.2) is 193 Å². The molecule has 6 aromatic carbocycles. The summed E-state index contributed by atoms with van der Waals surface area (Å²) in [5.74, 6) is 0.513. The highest BCUT2D eigenvalue weighted by Gasteiger charge is 2.29. The van der Waals surface area contributed by atoms with Gasteiger partial charge >= 0.3 is 0 Å². The van der Waals surface area contributed by atoms with E-state index in [2.05, 4.69) is 187 Å². The van der Waals surface area contributed by atoms with Crippen molar-refractivity contribution in [2.75, 3.05) is 0 Å². The lowest BCUT2D eigenvalue weighted by Crippen LogP contribution is -2.37. The molecule has 0 saturated heterocycles. The van der Waals surface area contributed by atoms with Crippen LogP contribution in [0.3, 0.4) is 0 Å². The van der Waals surface area contributed by atoms with Gasteiger partial charge in [-0.15, -0.1) is 0 Å². The van der Waals surface area contributed by atoms with Crippen LogP contribution in [0.2, 0.25) is 0 Å². The van der Waals surface area contributed by atoms with Crippen molar-refractivity contribution in [2.45, 2.75) is 19.0 Å². The molecule has 0 amide bonds. The third-order valence-electron chi connectivity index (χ3n) is 10.6. The van der Waals surface area contributed by atoms with Crippen LogP contribution in [-0.2, 0) is 6.54 Å². The van der Waals surface area contributed by atoms with Gasteiger partial charge in [-0.3, -0.25) is 4.99 Å². The molecular formula is C48H39N3. The van der Waals surface area contributed by atoms with E-state index in [9.17, 15) is 0 Å². The standard InChI is InChI=1S/C48H39N3/c49-45(41-19-9-13-36-11-1-3-15-39(36)41)31-46(42-20-10-14-37-12-2-4-16-40(37)42)50-32-33-23-25-34(26-24-33)35-27-29-38(30-28-35)51-47-21-7-5-17-43(47)44-18-6-8-22-48(44)51/h1-30,39,41,45H,31-32,49H2. The predicted octanol–water partition coefficient (Wildman–Crippen LogP) is 11.2. The maximum absolute atomic E-state index is 7.07. The lowest BCUT2D eigenvalue weighted by Gasteiger charge is -2.32. The van der Waals surface area contributed by atoms with Gasteiger partial charge in [-0.05, 0) is 57.3 Å². The Hall–Kier alpha value is -6.03. The van der Waals surface area contributed by atoms with Gasteiger partial charge in [-0.25, -0.2) is 0 Å². The maximum Gasteiger partial charge on any atom is 0.0643 e. The number of fused-ring (bicyclic) bond motifs is 5. The molecule has 0 saturated carbocycles. The van der Waals surface area contributed by atoms with E-state index >= 15 is 0 Å². The van der Waals surface area contributed by atoms with Crippen LogP contribution in [0.1, 0.15) is 17.5 Å². The Labute approximate surface area is 299 Å². The highest BCUT2D eigenvalue weighted by Crippen LogP contribution is 2.35. The molecule has 0 aliphatic heterocycles. The Morgan fingerprint density at radius 1 is 0.627 bits per heavy atom. The molecule has 0 fully saturated rings. The molecule has 3 heteroatoms. The van der Waals surface area contributed by atoms with Gasteiger partial charge in [0, 0.05) is 52.0 Å². The zero-order chi connectivity index (χ0) is 34.1. The molecule has 2 aliphatic rings. The van der Waals surface area contributed by atoms with Crippen molar-refractivity contribution in [3.05, 3.63) is 199 Å². The molecule has 3 nitrogen and oxygen atoms in total. The highest BCUT2D eigenvalue weighted by atomic mass is 15.0. The summed E-state index contributed by atoms with van der Waals surface area (Å²) in [6.45, 7) is 0.593. The molecule has 9 rings (SSSR count). The Bertz CT molecular complexity index is 2480. The van der Waals surface area contributed by atoms with Gasteiger partial charge in [0.1, 0.15) is 0 Å². The second kappa shape index (κ2) is 13.4. The SMILES string of the molecule is NC(CC(=NCc1ccc(-c2ccc(-n3c4ccccc4c4ccccc43)cc2)cc1)c1cccc2ccccc12)C1C=CC=C2C=CC=CC21. The van der Waals surface area contributed by atoms with E-state index in [4.69, 9.17) is 10.7 Å². The van der Waals surface area contributed by atoms with Gasteiger partial charge in [0.15, 0.2) is 0 Å². The Morgan fingerprint density at radius 3 is 2.02 bits per heavy atom. The zero-order valence-electron chi connectivity index (χ0n) is 28.4. The third kappa shape index (κ3) is 5.86. The second-order valence-corrected chi connectivity index (χ2v) is 13.7. The number of nitrogens with two attached hydrogens (primary N) is 1. The Kier molecular flexibility index (Phi) is 8.11. The number of benzene rings is 6. The van der Waals surface area contributed by atoms with E-state index in [0.717, 1.165) is 17.0 Å². The minimum Gasteiger partial charge on any atom is -0.327 e. The largest absolute Gasteiger partial charge is 0.327 e. The molecule has 0 spiro atoms. The van der Waals surface area contributed by atoms with Crippen LogP contribution < -0.4 is 5.73 Å². The Balaban J connectivity index is 0.985. The second-order valence-electron chi connectivity index (χ2n) is 13.7.